The molecular weight excluding hydrogens is 821 g/mol. The number of rotatable bonds is 10. The Balaban J connectivity index is 0.000000162. The molecule has 2 atom stereocenters. The Morgan fingerprint density at radius 2 is 1.14 bits per heavy atom. The summed E-state index contributed by atoms with van der Waals surface area (Å²) in [6.45, 7) is 10.2. The van der Waals surface area contributed by atoms with Crippen molar-refractivity contribution in [3.63, 3.8) is 0 Å². The van der Waals surface area contributed by atoms with Gasteiger partial charge in [-0.2, -0.15) is 10.2 Å². The van der Waals surface area contributed by atoms with E-state index in [-0.39, 0.29) is 46.7 Å². The van der Waals surface area contributed by atoms with Crippen LogP contribution in [0.2, 0.25) is 0 Å². The summed E-state index contributed by atoms with van der Waals surface area (Å²) in [6, 6.07) is 11.0. The normalized spacial score (nSPS) is 19.2. The quantitative estimate of drug-likeness (QED) is 0.140. The summed E-state index contributed by atoms with van der Waals surface area (Å²) in [6.07, 6.45) is 13.8. The molecule has 4 aromatic heterocycles. The van der Waals surface area contributed by atoms with E-state index in [1.165, 1.54) is 12.4 Å². The summed E-state index contributed by atoms with van der Waals surface area (Å²) in [5, 5.41) is 20.0. The average molecular weight is 871 g/mol. The number of piperidine rings is 2. The molecule has 10 rings (SSSR count). The van der Waals surface area contributed by atoms with E-state index in [0.717, 1.165) is 48.3 Å². The number of carbonyl (C=O) groups excluding carboxylic acids is 4. The summed E-state index contributed by atoms with van der Waals surface area (Å²) in [7, 11) is 0. The van der Waals surface area contributed by atoms with Gasteiger partial charge in [-0.3, -0.25) is 19.2 Å². The highest BCUT2D eigenvalue weighted by molar-refractivity contribution is 6.09. The van der Waals surface area contributed by atoms with Crippen LogP contribution in [0.15, 0.2) is 73.6 Å². The molecule has 0 spiro atoms. The van der Waals surface area contributed by atoms with E-state index in [1.54, 1.807) is 46.0 Å². The standard InChI is InChI=1S/2C23H25N5O4/c2*1-23(2)11-15-9-17(27-22(30)16-12-26-28-7-3-5-25-21(16)28)19(10-18(15)32-23)31-13-14-4-6-24-20(29)8-14/h2*3,5,7,9-10,12,14H,4,6,8,11,13H2,1-2H3,(H,24,29)(H,27,30)/t2*14-/m10/s1. The van der Waals surface area contributed by atoms with Crippen molar-refractivity contribution in [3.8, 4) is 23.0 Å². The molecule has 4 amide bonds. The highest BCUT2D eigenvalue weighted by Crippen LogP contribution is 2.43. The number of carbonyl (C=O) groups is 4. The topological polar surface area (TPSA) is 214 Å². The van der Waals surface area contributed by atoms with Crippen LogP contribution >= 0.6 is 0 Å². The minimum Gasteiger partial charge on any atom is -0.491 e. The molecule has 4 N–H and O–H groups in total. The molecule has 0 saturated carbocycles. The van der Waals surface area contributed by atoms with E-state index in [2.05, 4.69) is 41.4 Å². The third kappa shape index (κ3) is 9.26. The molecule has 332 valence electrons. The van der Waals surface area contributed by atoms with Crippen LogP contribution in [0.1, 0.15) is 85.2 Å². The maximum absolute atomic E-state index is 13.1. The maximum Gasteiger partial charge on any atom is 0.261 e. The van der Waals surface area contributed by atoms with Gasteiger partial charge in [-0.05, 0) is 64.8 Å². The first-order chi connectivity index (χ1) is 30.8. The lowest BCUT2D eigenvalue weighted by molar-refractivity contribution is -0.124. The summed E-state index contributed by atoms with van der Waals surface area (Å²) in [5.74, 6) is 2.23. The van der Waals surface area contributed by atoms with Crippen LogP contribution in [0.3, 0.4) is 0 Å². The number of nitrogens with zero attached hydrogens (tertiary/aromatic N) is 6. The fourth-order valence-electron chi connectivity index (χ4n) is 8.46. The van der Waals surface area contributed by atoms with Gasteiger partial charge >= 0.3 is 0 Å². The Kier molecular flexibility index (Phi) is 11.3. The Morgan fingerprint density at radius 1 is 0.703 bits per heavy atom. The van der Waals surface area contributed by atoms with Crippen LogP contribution in [0.25, 0.3) is 11.3 Å². The van der Waals surface area contributed by atoms with E-state index in [1.807, 2.05) is 52.0 Å². The molecule has 2 aromatic carbocycles. The zero-order valence-electron chi connectivity index (χ0n) is 36.1. The predicted octanol–water partition coefficient (Wildman–Crippen LogP) is 5.20. The second kappa shape index (κ2) is 17.1. The summed E-state index contributed by atoms with van der Waals surface area (Å²) in [4.78, 5) is 58.1. The average Bonchev–Trinajstić information content (AvgIpc) is 4.03. The van der Waals surface area contributed by atoms with Crippen molar-refractivity contribution >= 4 is 46.3 Å². The molecule has 8 heterocycles. The van der Waals surface area contributed by atoms with Gasteiger partial charge in [0.1, 0.15) is 45.3 Å². The first kappa shape index (κ1) is 42.1. The van der Waals surface area contributed by atoms with E-state index in [4.69, 9.17) is 18.9 Å². The van der Waals surface area contributed by atoms with Gasteiger partial charge in [0, 0.05) is 98.7 Å². The number of ether oxygens (including phenoxy) is 4. The highest BCUT2D eigenvalue weighted by Gasteiger charge is 2.34. The van der Waals surface area contributed by atoms with Crippen LogP contribution in [-0.2, 0) is 22.4 Å². The Morgan fingerprint density at radius 3 is 1.56 bits per heavy atom. The molecular formula is C46H50N10O8. The van der Waals surface area contributed by atoms with Crippen molar-refractivity contribution in [2.75, 3.05) is 36.9 Å². The van der Waals surface area contributed by atoms with E-state index < -0.39 is 0 Å². The van der Waals surface area contributed by atoms with Gasteiger partial charge in [0.15, 0.2) is 11.3 Å². The van der Waals surface area contributed by atoms with Gasteiger partial charge in [0.05, 0.1) is 37.0 Å². The van der Waals surface area contributed by atoms with E-state index in [9.17, 15) is 19.2 Å². The van der Waals surface area contributed by atoms with Crippen LogP contribution in [0.4, 0.5) is 11.4 Å². The number of amides is 4. The van der Waals surface area contributed by atoms with Gasteiger partial charge in [0.2, 0.25) is 11.8 Å². The van der Waals surface area contributed by atoms with Gasteiger partial charge in [0.25, 0.3) is 11.8 Å². The SMILES string of the molecule is CC1(C)Cc2cc(NC(=O)c3cnn4cccnc34)c(OC[C@@H]3CCNC(=O)C3)cc2O1.CC1(C)Cc2cc(NC(=O)c3cnn4cccnc34)c(OC[C@H]3CCNC(=O)C3)cc2O1. The van der Waals surface area contributed by atoms with Crippen LogP contribution in [-0.4, -0.2) is 90.3 Å². The number of aromatic nitrogens is 6. The largest absolute Gasteiger partial charge is 0.491 e. The van der Waals surface area contributed by atoms with E-state index in [0.29, 0.717) is 84.4 Å². The smallest absolute Gasteiger partial charge is 0.261 e. The Hall–Kier alpha value is -7.24. The second-order valence-corrected chi connectivity index (χ2v) is 17.8. The van der Waals surface area contributed by atoms with Crippen LogP contribution < -0.4 is 40.2 Å². The zero-order valence-corrected chi connectivity index (χ0v) is 36.1. The number of fused-ring (bicyclic) bond motifs is 4. The van der Waals surface area contributed by atoms with E-state index >= 15 is 0 Å². The first-order valence-corrected chi connectivity index (χ1v) is 21.5. The fraction of sp³-hybridized carbons (Fsp3) is 0.391. The zero-order chi connectivity index (χ0) is 44.6. The molecule has 18 heteroatoms. The molecule has 6 aromatic rings. The molecule has 0 aliphatic carbocycles. The van der Waals surface area contributed by atoms with Crippen molar-refractivity contribution in [3.05, 3.63) is 95.8 Å². The lowest BCUT2D eigenvalue weighted by Crippen LogP contribution is -2.35. The number of hydrogen-bond acceptors (Lipinski definition) is 12. The molecule has 0 radical (unpaired) electrons. The highest BCUT2D eigenvalue weighted by atomic mass is 16.5. The van der Waals surface area contributed by atoms with Gasteiger partial charge in [-0.25, -0.2) is 19.0 Å². The van der Waals surface area contributed by atoms with Crippen LogP contribution in [0, 0.1) is 11.8 Å². The number of nitrogens with one attached hydrogen (secondary N) is 4. The van der Waals surface area contributed by atoms with Crippen molar-refractivity contribution in [2.24, 2.45) is 11.8 Å². The number of benzene rings is 2. The summed E-state index contributed by atoms with van der Waals surface area (Å²) >= 11 is 0. The summed E-state index contributed by atoms with van der Waals surface area (Å²) < 4.78 is 27.4. The fourth-order valence-corrected chi connectivity index (χ4v) is 8.46. The van der Waals surface area contributed by atoms with Crippen molar-refractivity contribution in [1.82, 2.24) is 39.8 Å². The third-order valence-corrected chi connectivity index (χ3v) is 11.5. The van der Waals surface area contributed by atoms with Crippen molar-refractivity contribution in [2.45, 2.75) is 77.4 Å². The van der Waals surface area contributed by atoms with Gasteiger partial charge in [-0.15, -0.1) is 0 Å². The molecule has 64 heavy (non-hydrogen) atoms. The minimum atomic E-state index is -0.323. The maximum atomic E-state index is 13.1. The lowest BCUT2D eigenvalue weighted by Gasteiger charge is -2.23. The molecule has 2 fully saturated rings. The molecule has 18 nitrogen and oxygen atoms in total. The lowest BCUT2D eigenvalue weighted by atomic mass is 9.98. The molecule has 0 unspecified atom stereocenters. The molecule has 4 aliphatic heterocycles. The molecule has 4 aliphatic rings. The second-order valence-electron chi connectivity index (χ2n) is 17.8. The predicted molar refractivity (Wildman–Crippen MR) is 234 cm³/mol. The van der Waals surface area contributed by atoms with Gasteiger partial charge < -0.3 is 40.2 Å². The molecule has 0 bridgehead atoms. The first-order valence-electron chi connectivity index (χ1n) is 21.5. The number of hydrogen-bond donors (Lipinski definition) is 4. The van der Waals surface area contributed by atoms with Crippen molar-refractivity contribution < 1.29 is 38.1 Å². The summed E-state index contributed by atoms with van der Waals surface area (Å²) in [5.41, 5.74) is 4.19. The third-order valence-electron chi connectivity index (χ3n) is 11.5. The van der Waals surface area contributed by atoms with Crippen LogP contribution in [0.5, 0.6) is 23.0 Å². The number of anilines is 2. The Labute approximate surface area is 368 Å². The molecule has 2 saturated heterocycles. The minimum absolute atomic E-state index is 0.0398. The Bertz CT molecular complexity index is 2590. The van der Waals surface area contributed by atoms with Crippen molar-refractivity contribution in [1.29, 1.82) is 0 Å². The van der Waals surface area contributed by atoms with Gasteiger partial charge in [-0.1, -0.05) is 0 Å². The monoisotopic (exact) mass is 870 g/mol.